The summed E-state index contributed by atoms with van der Waals surface area (Å²) in [5, 5.41) is 10.7. The second-order valence-electron chi connectivity index (χ2n) is 5.86. The van der Waals surface area contributed by atoms with Crippen molar-refractivity contribution in [2.75, 3.05) is 6.54 Å². The fourth-order valence-corrected chi connectivity index (χ4v) is 4.95. The van der Waals surface area contributed by atoms with Crippen LogP contribution < -0.4 is 10.5 Å². The number of nitrogens with zero attached hydrogens (tertiary/aromatic N) is 1. The minimum Gasteiger partial charge on any atom is -0.330 e. The van der Waals surface area contributed by atoms with E-state index in [9.17, 15) is 18.5 Å². The molecule has 24 heavy (non-hydrogen) atoms. The van der Waals surface area contributed by atoms with Gasteiger partial charge in [-0.2, -0.15) is 0 Å². The molecule has 0 saturated heterocycles. The third kappa shape index (κ3) is 4.58. The van der Waals surface area contributed by atoms with Crippen molar-refractivity contribution in [3.8, 4) is 0 Å². The number of nitrogens with two attached hydrogens (primary N) is 1. The van der Waals surface area contributed by atoms with Crippen LogP contribution in [-0.4, -0.2) is 25.9 Å². The number of aryl methyl sites for hydroxylation is 1. The van der Waals surface area contributed by atoms with Crippen LogP contribution in [-0.2, 0) is 10.0 Å². The predicted molar refractivity (Wildman–Crippen MR) is 95.2 cm³/mol. The molecular weight excluding hydrogens is 377 g/mol. The lowest BCUT2D eigenvalue weighted by Crippen LogP contribution is -2.44. The van der Waals surface area contributed by atoms with Crippen molar-refractivity contribution in [1.29, 1.82) is 0 Å². The zero-order chi connectivity index (χ0) is 17.2. The fourth-order valence-electron chi connectivity index (χ4n) is 2.95. The molecule has 0 amide bonds. The van der Waals surface area contributed by atoms with Gasteiger partial charge in [-0.05, 0) is 43.9 Å². The Morgan fingerprint density at radius 2 is 2.00 bits per heavy atom. The zero-order valence-corrected chi connectivity index (χ0v) is 15.6. The first-order valence-corrected chi connectivity index (χ1v) is 9.29. The van der Waals surface area contributed by atoms with Gasteiger partial charge in [0.1, 0.15) is 9.92 Å². The Hall–Kier alpha value is -0.930. The van der Waals surface area contributed by atoms with Crippen LogP contribution in [0.1, 0.15) is 31.2 Å². The largest absolute Gasteiger partial charge is 0.330 e. The number of rotatable bonds is 5. The van der Waals surface area contributed by atoms with Crippen molar-refractivity contribution in [2.45, 2.75) is 43.5 Å². The first-order chi connectivity index (χ1) is 10.8. The van der Waals surface area contributed by atoms with E-state index in [1.54, 1.807) is 6.92 Å². The third-order valence-electron chi connectivity index (χ3n) is 4.17. The van der Waals surface area contributed by atoms with Crippen LogP contribution in [0.2, 0.25) is 5.02 Å². The molecule has 0 aliphatic heterocycles. The third-order valence-corrected chi connectivity index (χ3v) is 6.19. The Balaban J connectivity index is 0.00000288. The molecule has 7 nitrogen and oxygen atoms in total. The van der Waals surface area contributed by atoms with E-state index in [0.717, 1.165) is 19.3 Å². The number of halogens is 2. The second-order valence-corrected chi connectivity index (χ2v) is 7.92. The Morgan fingerprint density at radius 3 is 2.58 bits per heavy atom. The van der Waals surface area contributed by atoms with Crippen LogP contribution >= 0.6 is 24.0 Å². The summed E-state index contributed by atoms with van der Waals surface area (Å²) in [5.41, 5.74) is 5.77. The maximum absolute atomic E-state index is 12.7. The summed E-state index contributed by atoms with van der Waals surface area (Å²) in [5.74, 6) is 0.0668. The van der Waals surface area contributed by atoms with Gasteiger partial charge in [-0.1, -0.05) is 24.4 Å². The van der Waals surface area contributed by atoms with Crippen molar-refractivity contribution in [2.24, 2.45) is 11.7 Å². The topological polar surface area (TPSA) is 115 Å². The lowest BCUT2D eigenvalue weighted by Gasteiger charge is -2.31. The lowest BCUT2D eigenvalue weighted by atomic mass is 9.85. The number of nitro groups is 1. The van der Waals surface area contributed by atoms with Gasteiger partial charge in [-0.3, -0.25) is 10.1 Å². The summed E-state index contributed by atoms with van der Waals surface area (Å²) in [4.78, 5) is 10.1. The highest BCUT2D eigenvalue weighted by atomic mass is 35.5. The minimum atomic E-state index is -3.95. The van der Waals surface area contributed by atoms with E-state index < -0.39 is 20.6 Å². The van der Waals surface area contributed by atoms with Gasteiger partial charge in [0, 0.05) is 12.1 Å². The molecule has 2 unspecified atom stereocenters. The fraction of sp³-hybridized carbons (Fsp3) is 0.571. The first kappa shape index (κ1) is 21.1. The summed E-state index contributed by atoms with van der Waals surface area (Å²) >= 11 is 5.96. The maximum Gasteiger partial charge on any atom is 0.289 e. The lowest BCUT2D eigenvalue weighted by molar-refractivity contribution is -0.385. The average Bonchev–Trinajstić information content (AvgIpc) is 2.49. The summed E-state index contributed by atoms with van der Waals surface area (Å²) in [7, 11) is -3.95. The van der Waals surface area contributed by atoms with Gasteiger partial charge in [-0.25, -0.2) is 13.1 Å². The van der Waals surface area contributed by atoms with Gasteiger partial charge >= 0.3 is 0 Å². The normalized spacial score (nSPS) is 21.1. The van der Waals surface area contributed by atoms with Crippen molar-refractivity contribution >= 4 is 39.7 Å². The number of hydrogen-bond acceptors (Lipinski definition) is 5. The molecular formula is C14H21Cl2N3O4S. The van der Waals surface area contributed by atoms with Crippen LogP contribution in [0.25, 0.3) is 0 Å². The summed E-state index contributed by atoms with van der Waals surface area (Å²) < 4.78 is 27.9. The zero-order valence-electron chi connectivity index (χ0n) is 13.2. The smallest absolute Gasteiger partial charge is 0.289 e. The molecule has 1 fully saturated rings. The second kappa shape index (κ2) is 8.44. The molecule has 10 heteroatoms. The Labute approximate surface area is 152 Å². The van der Waals surface area contributed by atoms with Gasteiger partial charge in [0.05, 0.1) is 4.92 Å². The predicted octanol–water partition coefficient (Wildman–Crippen LogP) is 2.77. The molecule has 1 aromatic carbocycles. The van der Waals surface area contributed by atoms with Gasteiger partial charge in [0.15, 0.2) is 0 Å². The molecule has 1 aliphatic carbocycles. The van der Waals surface area contributed by atoms with Crippen LogP contribution in [0.5, 0.6) is 0 Å². The maximum atomic E-state index is 12.7. The monoisotopic (exact) mass is 397 g/mol. The van der Waals surface area contributed by atoms with Gasteiger partial charge in [0.2, 0.25) is 10.0 Å². The van der Waals surface area contributed by atoms with E-state index in [1.165, 1.54) is 12.1 Å². The van der Waals surface area contributed by atoms with Gasteiger partial charge < -0.3 is 5.73 Å². The molecule has 2 rings (SSSR count). The minimum absolute atomic E-state index is 0. The van der Waals surface area contributed by atoms with E-state index in [-0.39, 0.29) is 34.3 Å². The highest BCUT2D eigenvalue weighted by Crippen LogP contribution is 2.33. The van der Waals surface area contributed by atoms with E-state index in [0.29, 0.717) is 18.5 Å². The molecule has 0 spiro atoms. The van der Waals surface area contributed by atoms with E-state index in [2.05, 4.69) is 4.72 Å². The van der Waals surface area contributed by atoms with Crippen LogP contribution in [0.3, 0.4) is 0 Å². The van der Waals surface area contributed by atoms with E-state index in [4.69, 9.17) is 17.3 Å². The highest BCUT2D eigenvalue weighted by Gasteiger charge is 2.31. The number of nitro benzene ring substituents is 1. The molecule has 0 heterocycles. The van der Waals surface area contributed by atoms with Crippen LogP contribution in [0.4, 0.5) is 5.69 Å². The SMILES string of the molecule is Cc1cc([N+](=O)[O-])c(Cl)c(S(=O)(=O)NC2CCCCC2CN)c1.Cl. The Morgan fingerprint density at radius 1 is 1.38 bits per heavy atom. The van der Waals surface area contributed by atoms with Crippen molar-refractivity contribution in [3.05, 3.63) is 32.8 Å². The van der Waals surface area contributed by atoms with Gasteiger partial charge in [-0.15, -0.1) is 12.4 Å². The van der Waals surface area contributed by atoms with Crippen LogP contribution in [0.15, 0.2) is 17.0 Å². The number of benzene rings is 1. The highest BCUT2D eigenvalue weighted by molar-refractivity contribution is 7.89. The molecule has 136 valence electrons. The molecule has 0 bridgehead atoms. The summed E-state index contributed by atoms with van der Waals surface area (Å²) in [6.45, 7) is 1.99. The number of sulfonamides is 1. The molecule has 3 N–H and O–H groups in total. The molecule has 1 aliphatic rings. The van der Waals surface area contributed by atoms with Crippen molar-refractivity contribution < 1.29 is 13.3 Å². The van der Waals surface area contributed by atoms with Crippen LogP contribution in [0, 0.1) is 23.0 Å². The molecule has 2 atom stereocenters. The molecule has 1 aromatic rings. The molecule has 0 aromatic heterocycles. The Bertz CT molecular complexity index is 712. The van der Waals surface area contributed by atoms with E-state index >= 15 is 0 Å². The van der Waals surface area contributed by atoms with E-state index in [1.807, 2.05) is 0 Å². The quantitative estimate of drug-likeness (QED) is 0.585. The standard InChI is InChI=1S/C14H20ClN3O4S.ClH/c1-9-6-12(18(19)20)14(15)13(7-9)23(21,22)17-11-5-3-2-4-10(11)8-16;/h6-7,10-11,17H,2-5,8,16H2,1H3;1H. The van der Waals surface area contributed by atoms with Gasteiger partial charge in [0.25, 0.3) is 5.69 Å². The first-order valence-electron chi connectivity index (χ1n) is 7.43. The average molecular weight is 398 g/mol. The van der Waals surface area contributed by atoms with Crippen molar-refractivity contribution in [3.63, 3.8) is 0 Å². The molecule has 1 saturated carbocycles. The Kier molecular flexibility index (Phi) is 7.43. The van der Waals surface area contributed by atoms with Crippen molar-refractivity contribution in [1.82, 2.24) is 4.72 Å². The number of hydrogen-bond donors (Lipinski definition) is 2. The number of nitrogens with one attached hydrogen (secondary N) is 1. The molecule has 0 radical (unpaired) electrons. The summed E-state index contributed by atoms with van der Waals surface area (Å²) in [6.07, 6.45) is 3.51. The summed E-state index contributed by atoms with van der Waals surface area (Å²) in [6, 6.07) is 2.33.